The van der Waals surface area contributed by atoms with E-state index in [9.17, 15) is 4.79 Å². The average Bonchev–Trinajstić information content (AvgIpc) is 2.72. The largest absolute Gasteiger partial charge is 0.493 e. The van der Waals surface area contributed by atoms with Crippen LogP contribution in [-0.2, 0) is 6.54 Å². The first-order valence-corrected chi connectivity index (χ1v) is 9.12. The normalized spacial score (nSPS) is 10.9. The third kappa shape index (κ3) is 3.63. The SMILES string of the molecule is COc1cc(-c2nc3ccc(Cl)cc3c(=O)n2CCCN)cc(OC)c1OC. The summed E-state index contributed by atoms with van der Waals surface area (Å²) in [5, 5.41) is 0.943. The number of nitrogens with zero attached hydrogens (tertiary/aromatic N) is 2. The number of benzene rings is 2. The Kier molecular flexibility index (Phi) is 6.06. The van der Waals surface area contributed by atoms with E-state index >= 15 is 0 Å². The number of nitrogens with two attached hydrogens (primary N) is 1. The Balaban J connectivity index is 2.32. The van der Waals surface area contributed by atoms with Gasteiger partial charge in [0.2, 0.25) is 5.75 Å². The number of hydrogen-bond acceptors (Lipinski definition) is 6. The van der Waals surface area contributed by atoms with Crippen LogP contribution in [0.1, 0.15) is 6.42 Å². The molecular formula is C20H22ClN3O4. The highest BCUT2D eigenvalue weighted by atomic mass is 35.5. The minimum absolute atomic E-state index is 0.176. The number of hydrogen-bond donors (Lipinski definition) is 1. The second kappa shape index (κ2) is 8.50. The lowest BCUT2D eigenvalue weighted by molar-refractivity contribution is 0.324. The molecule has 0 radical (unpaired) electrons. The Morgan fingerprint density at radius 2 is 1.75 bits per heavy atom. The first kappa shape index (κ1) is 20.0. The number of halogens is 1. The summed E-state index contributed by atoms with van der Waals surface area (Å²) in [5.41, 5.74) is 6.72. The topological polar surface area (TPSA) is 88.6 Å². The summed E-state index contributed by atoms with van der Waals surface area (Å²) in [6.45, 7) is 0.880. The second-order valence-corrected chi connectivity index (χ2v) is 6.55. The van der Waals surface area contributed by atoms with E-state index in [-0.39, 0.29) is 5.56 Å². The van der Waals surface area contributed by atoms with Crippen molar-refractivity contribution in [3.63, 3.8) is 0 Å². The molecular weight excluding hydrogens is 382 g/mol. The zero-order valence-electron chi connectivity index (χ0n) is 16.0. The minimum Gasteiger partial charge on any atom is -0.493 e. The van der Waals surface area contributed by atoms with Crippen LogP contribution < -0.4 is 25.5 Å². The number of aromatic nitrogens is 2. The van der Waals surface area contributed by atoms with Gasteiger partial charge in [0.1, 0.15) is 5.82 Å². The maximum atomic E-state index is 13.1. The van der Waals surface area contributed by atoms with Gasteiger partial charge in [0.15, 0.2) is 11.5 Å². The van der Waals surface area contributed by atoms with Crippen LogP contribution in [0.4, 0.5) is 0 Å². The predicted octanol–water partition coefficient (Wildman–Crippen LogP) is 3.09. The molecule has 0 saturated heterocycles. The Hall–Kier alpha value is -2.77. The van der Waals surface area contributed by atoms with Crippen molar-refractivity contribution in [2.45, 2.75) is 13.0 Å². The van der Waals surface area contributed by atoms with Gasteiger partial charge in [-0.1, -0.05) is 11.6 Å². The van der Waals surface area contributed by atoms with Crippen molar-refractivity contribution in [3.8, 4) is 28.6 Å². The number of fused-ring (bicyclic) bond motifs is 1. The molecule has 28 heavy (non-hydrogen) atoms. The van der Waals surface area contributed by atoms with E-state index in [1.54, 1.807) is 49.1 Å². The molecule has 0 unspecified atom stereocenters. The molecule has 3 rings (SSSR count). The van der Waals surface area contributed by atoms with Gasteiger partial charge in [0.05, 0.1) is 32.2 Å². The van der Waals surface area contributed by atoms with Gasteiger partial charge in [-0.3, -0.25) is 9.36 Å². The quantitative estimate of drug-likeness (QED) is 0.652. The van der Waals surface area contributed by atoms with Crippen LogP contribution >= 0.6 is 11.6 Å². The van der Waals surface area contributed by atoms with Crippen LogP contribution in [0.15, 0.2) is 35.1 Å². The maximum Gasteiger partial charge on any atom is 0.261 e. The van der Waals surface area contributed by atoms with Crippen LogP contribution in [0.5, 0.6) is 17.2 Å². The molecule has 0 bridgehead atoms. The predicted molar refractivity (Wildman–Crippen MR) is 110 cm³/mol. The highest BCUT2D eigenvalue weighted by Gasteiger charge is 2.19. The van der Waals surface area contributed by atoms with Crippen molar-refractivity contribution in [2.75, 3.05) is 27.9 Å². The molecule has 0 amide bonds. The lowest BCUT2D eigenvalue weighted by Crippen LogP contribution is -2.24. The summed E-state index contributed by atoms with van der Waals surface area (Å²) in [6, 6.07) is 8.60. The van der Waals surface area contributed by atoms with E-state index in [0.29, 0.717) is 64.1 Å². The zero-order chi connectivity index (χ0) is 20.3. The van der Waals surface area contributed by atoms with Crippen LogP contribution in [0.2, 0.25) is 5.02 Å². The second-order valence-electron chi connectivity index (χ2n) is 6.11. The number of methoxy groups -OCH3 is 3. The summed E-state index contributed by atoms with van der Waals surface area (Å²) >= 11 is 6.07. The zero-order valence-corrected chi connectivity index (χ0v) is 16.7. The van der Waals surface area contributed by atoms with Crippen LogP contribution in [-0.4, -0.2) is 37.4 Å². The van der Waals surface area contributed by atoms with E-state index < -0.39 is 0 Å². The minimum atomic E-state index is -0.176. The summed E-state index contributed by atoms with van der Waals surface area (Å²) in [7, 11) is 4.62. The summed E-state index contributed by atoms with van der Waals surface area (Å²) in [5.74, 6) is 1.92. The van der Waals surface area contributed by atoms with Gasteiger partial charge in [-0.15, -0.1) is 0 Å². The molecule has 148 valence electrons. The fourth-order valence-corrected chi connectivity index (χ4v) is 3.25. The van der Waals surface area contributed by atoms with Gasteiger partial charge < -0.3 is 19.9 Å². The molecule has 8 heteroatoms. The van der Waals surface area contributed by atoms with Gasteiger partial charge in [0.25, 0.3) is 5.56 Å². The number of ether oxygens (including phenoxy) is 3. The third-order valence-electron chi connectivity index (χ3n) is 4.42. The third-order valence-corrected chi connectivity index (χ3v) is 4.66. The first-order valence-electron chi connectivity index (χ1n) is 8.74. The molecule has 0 atom stereocenters. The Bertz CT molecular complexity index is 1040. The molecule has 0 fully saturated rings. The van der Waals surface area contributed by atoms with Gasteiger partial charge in [-0.25, -0.2) is 4.98 Å². The molecule has 0 aliphatic heterocycles. The van der Waals surface area contributed by atoms with Crippen LogP contribution in [0, 0.1) is 0 Å². The fraction of sp³-hybridized carbons (Fsp3) is 0.300. The highest BCUT2D eigenvalue weighted by molar-refractivity contribution is 6.31. The molecule has 7 nitrogen and oxygen atoms in total. The van der Waals surface area contributed by atoms with Crippen LogP contribution in [0.3, 0.4) is 0 Å². The van der Waals surface area contributed by atoms with Gasteiger partial charge in [-0.2, -0.15) is 0 Å². The standard InChI is InChI=1S/C20H22ClN3O4/c1-26-16-9-12(10-17(27-2)18(16)28-3)19-23-15-6-5-13(21)11-14(15)20(25)24(19)8-4-7-22/h5-6,9-11H,4,7-8,22H2,1-3H3. The van der Waals surface area contributed by atoms with E-state index in [1.165, 1.54) is 7.11 Å². The summed E-state index contributed by atoms with van der Waals surface area (Å²) in [6.07, 6.45) is 0.630. The summed E-state index contributed by atoms with van der Waals surface area (Å²) < 4.78 is 17.9. The van der Waals surface area contributed by atoms with E-state index in [2.05, 4.69) is 0 Å². The van der Waals surface area contributed by atoms with E-state index in [0.717, 1.165) is 0 Å². The lowest BCUT2D eigenvalue weighted by atomic mass is 10.1. The molecule has 0 aliphatic rings. The van der Waals surface area contributed by atoms with Crippen molar-refractivity contribution >= 4 is 22.5 Å². The Labute approximate surface area is 167 Å². The smallest absolute Gasteiger partial charge is 0.261 e. The fourth-order valence-electron chi connectivity index (χ4n) is 3.08. The van der Waals surface area contributed by atoms with E-state index in [4.69, 9.17) is 36.5 Å². The Morgan fingerprint density at radius 3 is 2.32 bits per heavy atom. The molecule has 2 aromatic carbocycles. The van der Waals surface area contributed by atoms with Gasteiger partial charge >= 0.3 is 0 Å². The van der Waals surface area contributed by atoms with Gasteiger partial charge in [0, 0.05) is 17.1 Å². The van der Waals surface area contributed by atoms with Crippen molar-refractivity contribution in [1.29, 1.82) is 0 Å². The van der Waals surface area contributed by atoms with Crippen LogP contribution in [0.25, 0.3) is 22.3 Å². The van der Waals surface area contributed by atoms with Gasteiger partial charge in [-0.05, 0) is 43.3 Å². The number of rotatable bonds is 7. The molecule has 3 aromatic rings. The van der Waals surface area contributed by atoms with Crippen molar-refractivity contribution in [1.82, 2.24) is 9.55 Å². The monoisotopic (exact) mass is 403 g/mol. The first-order chi connectivity index (χ1) is 13.5. The van der Waals surface area contributed by atoms with E-state index in [1.807, 2.05) is 0 Å². The molecule has 2 N–H and O–H groups in total. The molecule has 0 spiro atoms. The highest BCUT2D eigenvalue weighted by Crippen LogP contribution is 2.40. The maximum absolute atomic E-state index is 13.1. The van der Waals surface area contributed by atoms with Crippen molar-refractivity contribution in [2.24, 2.45) is 5.73 Å². The molecule has 0 saturated carbocycles. The summed E-state index contributed by atoms with van der Waals surface area (Å²) in [4.78, 5) is 17.9. The van der Waals surface area contributed by atoms with Crippen molar-refractivity contribution < 1.29 is 14.2 Å². The molecule has 0 aliphatic carbocycles. The Morgan fingerprint density at radius 1 is 1.07 bits per heavy atom. The average molecular weight is 404 g/mol. The molecule has 1 heterocycles. The van der Waals surface area contributed by atoms with Crippen molar-refractivity contribution in [3.05, 3.63) is 45.7 Å². The lowest BCUT2D eigenvalue weighted by Gasteiger charge is -2.17. The molecule has 1 aromatic heterocycles.